The van der Waals surface area contributed by atoms with E-state index < -0.39 is 0 Å². The standard InChI is InChI=1S/C20H28N6/c1-3-21-4-2-17(1)26-13-18(23-24-26)19-22-5-6-25(19)20-10-14-7-15(11-20)9-16(8-14)12-20/h5-6,13-17,21H,1-4,7-12H2. The van der Waals surface area contributed by atoms with Crippen molar-refractivity contribution in [1.82, 2.24) is 29.9 Å². The van der Waals surface area contributed by atoms with Gasteiger partial charge in [0.15, 0.2) is 5.82 Å². The second-order valence-corrected chi connectivity index (χ2v) is 9.33. The predicted octanol–water partition coefficient (Wildman–Crippen LogP) is 2.99. The monoisotopic (exact) mass is 352 g/mol. The van der Waals surface area contributed by atoms with Crippen LogP contribution in [0.2, 0.25) is 0 Å². The lowest BCUT2D eigenvalue weighted by Crippen LogP contribution is -2.51. The van der Waals surface area contributed by atoms with Crippen LogP contribution in [-0.2, 0) is 5.54 Å². The van der Waals surface area contributed by atoms with Gasteiger partial charge in [-0.05, 0) is 82.2 Å². The lowest BCUT2D eigenvalue weighted by atomic mass is 9.53. The Balaban J connectivity index is 1.34. The Hall–Kier alpha value is -1.69. The van der Waals surface area contributed by atoms with Gasteiger partial charge in [-0.15, -0.1) is 5.10 Å². The topological polar surface area (TPSA) is 60.6 Å². The molecule has 0 radical (unpaired) electrons. The van der Waals surface area contributed by atoms with Gasteiger partial charge in [-0.25, -0.2) is 9.67 Å². The highest BCUT2D eigenvalue weighted by atomic mass is 15.4. The van der Waals surface area contributed by atoms with Gasteiger partial charge in [-0.2, -0.15) is 0 Å². The lowest BCUT2D eigenvalue weighted by Gasteiger charge is -2.57. The van der Waals surface area contributed by atoms with Crippen molar-refractivity contribution >= 4 is 0 Å². The van der Waals surface area contributed by atoms with Crippen LogP contribution in [0.25, 0.3) is 11.5 Å². The molecule has 4 saturated carbocycles. The summed E-state index contributed by atoms with van der Waals surface area (Å²) in [6.45, 7) is 2.14. The number of nitrogens with zero attached hydrogens (tertiary/aromatic N) is 5. The first-order chi connectivity index (χ1) is 12.8. The summed E-state index contributed by atoms with van der Waals surface area (Å²) in [5, 5.41) is 12.4. The average Bonchev–Trinajstić information content (AvgIpc) is 3.31. The van der Waals surface area contributed by atoms with E-state index in [4.69, 9.17) is 4.98 Å². The smallest absolute Gasteiger partial charge is 0.162 e. The Morgan fingerprint density at radius 2 is 1.69 bits per heavy atom. The first-order valence-corrected chi connectivity index (χ1v) is 10.5. The molecule has 1 N–H and O–H groups in total. The number of piperidine rings is 1. The lowest BCUT2D eigenvalue weighted by molar-refractivity contribution is -0.0422. The summed E-state index contributed by atoms with van der Waals surface area (Å²) in [5.41, 5.74) is 1.24. The number of nitrogens with one attached hydrogen (secondary N) is 1. The van der Waals surface area contributed by atoms with Crippen LogP contribution in [0.5, 0.6) is 0 Å². The summed E-state index contributed by atoms with van der Waals surface area (Å²) >= 11 is 0. The molecule has 5 aliphatic rings. The molecule has 2 aromatic heterocycles. The van der Waals surface area contributed by atoms with Gasteiger partial charge in [0, 0.05) is 17.9 Å². The number of rotatable bonds is 3. The van der Waals surface area contributed by atoms with Crippen LogP contribution in [0, 0.1) is 17.8 Å². The van der Waals surface area contributed by atoms with Gasteiger partial charge in [0.2, 0.25) is 0 Å². The van der Waals surface area contributed by atoms with E-state index in [9.17, 15) is 0 Å². The van der Waals surface area contributed by atoms with Crippen LogP contribution in [0.4, 0.5) is 0 Å². The van der Waals surface area contributed by atoms with E-state index in [0.717, 1.165) is 55.2 Å². The third-order valence-electron chi connectivity index (χ3n) is 7.58. The zero-order valence-electron chi connectivity index (χ0n) is 15.3. The maximum absolute atomic E-state index is 4.74. The summed E-state index contributed by atoms with van der Waals surface area (Å²) in [4.78, 5) is 4.74. The highest BCUT2D eigenvalue weighted by molar-refractivity contribution is 5.48. The minimum atomic E-state index is 0.291. The van der Waals surface area contributed by atoms with Crippen molar-refractivity contribution in [2.24, 2.45) is 17.8 Å². The van der Waals surface area contributed by atoms with Crippen LogP contribution in [0.1, 0.15) is 57.4 Å². The van der Waals surface area contributed by atoms with Crippen LogP contribution in [-0.4, -0.2) is 37.6 Å². The maximum atomic E-state index is 4.74. The summed E-state index contributed by atoms with van der Waals surface area (Å²) in [7, 11) is 0. The minimum absolute atomic E-state index is 0.291. The highest BCUT2D eigenvalue weighted by Crippen LogP contribution is 2.59. The van der Waals surface area contributed by atoms with Crippen molar-refractivity contribution in [2.75, 3.05) is 13.1 Å². The average molecular weight is 352 g/mol. The molecule has 6 heteroatoms. The number of hydrogen-bond donors (Lipinski definition) is 1. The van der Waals surface area contributed by atoms with E-state index in [0.29, 0.717) is 11.6 Å². The Kier molecular flexibility index (Phi) is 3.34. The fraction of sp³-hybridized carbons (Fsp3) is 0.750. The second kappa shape index (κ2) is 5.65. The maximum Gasteiger partial charge on any atom is 0.162 e. The molecule has 6 nitrogen and oxygen atoms in total. The zero-order valence-corrected chi connectivity index (χ0v) is 15.3. The van der Waals surface area contributed by atoms with E-state index >= 15 is 0 Å². The van der Waals surface area contributed by atoms with Gasteiger partial charge >= 0.3 is 0 Å². The molecule has 0 amide bonds. The second-order valence-electron chi connectivity index (χ2n) is 9.33. The molecule has 0 spiro atoms. The summed E-state index contributed by atoms with van der Waals surface area (Å²) in [6, 6.07) is 0.473. The van der Waals surface area contributed by atoms with E-state index in [1.807, 2.05) is 6.20 Å². The van der Waals surface area contributed by atoms with Crippen LogP contribution in [0.3, 0.4) is 0 Å². The normalized spacial score (nSPS) is 36.7. The molecule has 2 aromatic rings. The predicted molar refractivity (Wildman–Crippen MR) is 98.5 cm³/mol. The molecular formula is C20H28N6. The van der Waals surface area contributed by atoms with Crippen molar-refractivity contribution in [2.45, 2.75) is 62.9 Å². The quantitative estimate of drug-likeness (QED) is 0.922. The number of aromatic nitrogens is 5. The molecule has 5 fully saturated rings. The van der Waals surface area contributed by atoms with Crippen LogP contribution >= 0.6 is 0 Å². The van der Waals surface area contributed by atoms with Crippen molar-refractivity contribution in [3.05, 3.63) is 18.6 Å². The third kappa shape index (κ3) is 2.30. The number of hydrogen-bond acceptors (Lipinski definition) is 4. The molecule has 26 heavy (non-hydrogen) atoms. The zero-order chi connectivity index (χ0) is 17.1. The molecule has 0 unspecified atom stereocenters. The van der Waals surface area contributed by atoms with Crippen LogP contribution < -0.4 is 5.32 Å². The SMILES string of the molecule is c1cn(C23CC4CC(CC(C4)C2)C3)c(-c2cn(C3CCNCC3)nn2)n1. The molecule has 0 atom stereocenters. The molecular weight excluding hydrogens is 324 g/mol. The van der Waals surface area contributed by atoms with E-state index in [2.05, 4.69) is 37.3 Å². The van der Waals surface area contributed by atoms with E-state index in [1.54, 1.807) is 0 Å². The largest absolute Gasteiger partial charge is 0.323 e. The molecule has 3 heterocycles. The van der Waals surface area contributed by atoms with E-state index in [-0.39, 0.29) is 0 Å². The summed E-state index contributed by atoms with van der Waals surface area (Å²) in [6.07, 6.45) is 17.0. The van der Waals surface area contributed by atoms with Gasteiger partial charge in [0.05, 0.1) is 12.2 Å². The van der Waals surface area contributed by atoms with Gasteiger partial charge in [0.25, 0.3) is 0 Å². The highest BCUT2D eigenvalue weighted by Gasteiger charge is 2.52. The van der Waals surface area contributed by atoms with Crippen LogP contribution in [0.15, 0.2) is 18.6 Å². The minimum Gasteiger partial charge on any atom is -0.323 e. The molecule has 1 saturated heterocycles. The number of imidazole rings is 1. The molecule has 7 rings (SSSR count). The van der Waals surface area contributed by atoms with Crippen molar-refractivity contribution < 1.29 is 0 Å². The van der Waals surface area contributed by atoms with Gasteiger partial charge < -0.3 is 9.88 Å². The first-order valence-electron chi connectivity index (χ1n) is 10.5. The summed E-state index contributed by atoms with van der Waals surface area (Å²) < 4.78 is 4.57. The van der Waals surface area contributed by atoms with Crippen molar-refractivity contribution in [1.29, 1.82) is 0 Å². The van der Waals surface area contributed by atoms with Crippen molar-refractivity contribution in [3.8, 4) is 11.5 Å². The Morgan fingerprint density at radius 1 is 1.00 bits per heavy atom. The fourth-order valence-corrected chi connectivity index (χ4v) is 6.86. The van der Waals surface area contributed by atoms with Crippen molar-refractivity contribution in [3.63, 3.8) is 0 Å². The summed E-state index contributed by atoms with van der Waals surface area (Å²) in [5.74, 6) is 3.83. The Morgan fingerprint density at radius 3 is 2.38 bits per heavy atom. The molecule has 4 aliphatic carbocycles. The molecule has 4 bridgehead atoms. The Labute approximate surface area is 154 Å². The van der Waals surface area contributed by atoms with Gasteiger partial charge in [0.1, 0.15) is 5.69 Å². The third-order valence-corrected chi connectivity index (χ3v) is 7.58. The first kappa shape index (κ1) is 15.4. The molecule has 138 valence electrons. The molecule has 0 aromatic carbocycles. The fourth-order valence-electron chi connectivity index (χ4n) is 6.86. The van der Waals surface area contributed by atoms with Gasteiger partial charge in [-0.1, -0.05) is 5.21 Å². The van der Waals surface area contributed by atoms with E-state index in [1.165, 1.54) is 38.5 Å². The van der Waals surface area contributed by atoms with Gasteiger partial charge in [-0.3, -0.25) is 0 Å². The Bertz CT molecular complexity index is 764. The molecule has 1 aliphatic heterocycles.